The Morgan fingerprint density at radius 1 is 1.22 bits per heavy atom. The highest BCUT2D eigenvalue weighted by atomic mass is 35.5. The Kier molecular flexibility index (Phi) is 7.29. The van der Waals surface area contributed by atoms with Crippen molar-refractivity contribution in [2.24, 2.45) is 5.73 Å². The van der Waals surface area contributed by atoms with Crippen molar-refractivity contribution in [3.8, 4) is 0 Å². The van der Waals surface area contributed by atoms with Crippen LogP contribution in [0.1, 0.15) is 34.6 Å². The van der Waals surface area contributed by atoms with Crippen molar-refractivity contribution in [3.05, 3.63) is 39.5 Å². The second-order valence-corrected chi connectivity index (χ2v) is 6.92. The first kappa shape index (κ1) is 21.3. The van der Waals surface area contributed by atoms with Gasteiger partial charge >= 0.3 is 0 Å². The molecular weight excluding hydrogens is 409 g/mol. The summed E-state index contributed by atoms with van der Waals surface area (Å²) in [5.74, 6) is -0.732. The number of nitrogens with two attached hydrogens (primary N) is 1. The number of anilines is 2. The molecular formula is C17H19Cl2N5O2S. The molecule has 2 rings (SSSR count). The van der Waals surface area contributed by atoms with Crippen LogP contribution in [0.25, 0.3) is 0 Å². The maximum absolute atomic E-state index is 12.5. The summed E-state index contributed by atoms with van der Waals surface area (Å²) in [6.07, 6.45) is 1.78. The minimum Gasteiger partial charge on any atom is -0.365 e. The number of benzene rings is 1. The van der Waals surface area contributed by atoms with E-state index < -0.39 is 5.91 Å². The van der Waals surface area contributed by atoms with E-state index in [2.05, 4.69) is 15.3 Å². The normalized spacial score (nSPS) is 10.6. The van der Waals surface area contributed by atoms with Gasteiger partial charge in [-0.05, 0) is 38.3 Å². The summed E-state index contributed by atoms with van der Waals surface area (Å²) in [5, 5.41) is 3.60. The molecule has 0 spiro atoms. The van der Waals surface area contributed by atoms with Crippen molar-refractivity contribution >= 4 is 58.3 Å². The molecule has 1 aromatic heterocycles. The van der Waals surface area contributed by atoms with Crippen molar-refractivity contribution in [2.45, 2.75) is 19.0 Å². The van der Waals surface area contributed by atoms with Crippen molar-refractivity contribution in [1.29, 1.82) is 0 Å². The van der Waals surface area contributed by atoms with Crippen LogP contribution < -0.4 is 11.1 Å². The summed E-state index contributed by atoms with van der Waals surface area (Å²) in [6, 6.07) is 4.87. The zero-order chi connectivity index (χ0) is 20.1. The summed E-state index contributed by atoms with van der Waals surface area (Å²) in [4.78, 5) is 34.1. The zero-order valence-electron chi connectivity index (χ0n) is 15.0. The van der Waals surface area contributed by atoms with Gasteiger partial charge in [0, 0.05) is 18.8 Å². The highest BCUT2D eigenvalue weighted by molar-refractivity contribution is 7.98. The molecule has 0 aliphatic rings. The highest BCUT2D eigenvalue weighted by Crippen LogP contribution is 2.29. The standard InChI is InChI=1S/C17H19Cl2N5O2S/c1-4-24(5-2)16(26)10-7-6-9(8-11(10)18)21-15-12(14(20)25)13(19)22-17(23-15)27-3/h6-8H,4-5H2,1-3H3,(H2,20,25)(H,21,22,23). The largest absolute Gasteiger partial charge is 0.365 e. The first-order chi connectivity index (χ1) is 12.8. The van der Waals surface area contributed by atoms with Crippen LogP contribution in [0.2, 0.25) is 10.2 Å². The quantitative estimate of drug-likeness (QED) is 0.395. The van der Waals surface area contributed by atoms with Gasteiger partial charge in [0.2, 0.25) is 0 Å². The van der Waals surface area contributed by atoms with Gasteiger partial charge in [-0.2, -0.15) is 0 Å². The lowest BCUT2D eigenvalue weighted by Gasteiger charge is -2.19. The summed E-state index contributed by atoms with van der Waals surface area (Å²) in [7, 11) is 0. The van der Waals surface area contributed by atoms with Gasteiger partial charge < -0.3 is 16.0 Å². The number of nitrogens with one attached hydrogen (secondary N) is 1. The number of halogens is 2. The van der Waals surface area contributed by atoms with Crippen molar-refractivity contribution < 1.29 is 9.59 Å². The summed E-state index contributed by atoms with van der Waals surface area (Å²) in [5.41, 5.74) is 6.30. The number of hydrogen-bond donors (Lipinski definition) is 2. The van der Waals surface area contributed by atoms with Crippen LogP contribution in [-0.2, 0) is 0 Å². The van der Waals surface area contributed by atoms with Gasteiger partial charge in [0.15, 0.2) is 5.16 Å². The summed E-state index contributed by atoms with van der Waals surface area (Å²) in [6.45, 7) is 4.98. The molecule has 144 valence electrons. The van der Waals surface area contributed by atoms with Crippen LogP contribution >= 0.6 is 35.0 Å². The minimum atomic E-state index is -0.755. The summed E-state index contributed by atoms with van der Waals surface area (Å²) < 4.78 is 0. The molecule has 10 heteroatoms. The molecule has 0 unspecified atom stereocenters. The van der Waals surface area contributed by atoms with Crippen molar-refractivity contribution in [2.75, 3.05) is 24.7 Å². The fourth-order valence-corrected chi connectivity index (χ4v) is 3.34. The fourth-order valence-electron chi connectivity index (χ4n) is 2.40. The van der Waals surface area contributed by atoms with Crippen LogP contribution in [0.5, 0.6) is 0 Å². The van der Waals surface area contributed by atoms with E-state index in [1.807, 2.05) is 13.8 Å². The lowest BCUT2D eigenvalue weighted by Crippen LogP contribution is -2.30. The number of thioether (sulfide) groups is 1. The minimum absolute atomic E-state index is 0.0196. The molecule has 0 saturated heterocycles. The topological polar surface area (TPSA) is 101 Å². The molecule has 0 saturated carbocycles. The van der Waals surface area contributed by atoms with E-state index in [1.54, 1.807) is 29.4 Å². The number of aromatic nitrogens is 2. The maximum Gasteiger partial charge on any atom is 0.255 e. The summed E-state index contributed by atoms with van der Waals surface area (Å²) >= 11 is 13.6. The lowest BCUT2D eigenvalue weighted by molar-refractivity contribution is 0.0773. The molecule has 0 bridgehead atoms. The lowest BCUT2D eigenvalue weighted by atomic mass is 10.1. The molecule has 1 heterocycles. The fraction of sp³-hybridized carbons (Fsp3) is 0.294. The molecule has 0 aliphatic carbocycles. The third-order valence-electron chi connectivity index (χ3n) is 3.79. The monoisotopic (exact) mass is 427 g/mol. The number of carbonyl (C=O) groups is 2. The van der Waals surface area contributed by atoms with E-state index in [0.717, 1.165) is 0 Å². The van der Waals surface area contributed by atoms with Crippen LogP contribution in [0, 0.1) is 0 Å². The van der Waals surface area contributed by atoms with Gasteiger partial charge in [0.25, 0.3) is 11.8 Å². The van der Waals surface area contributed by atoms with Crippen LogP contribution in [0.15, 0.2) is 23.4 Å². The Morgan fingerprint density at radius 3 is 2.41 bits per heavy atom. The molecule has 0 fully saturated rings. The van der Waals surface area contributed by atoms with Gasteiger partial charge in [-0.25, -0.2) is 9.97 Å². The third-order valence-corrected chi connectivity index (χ3v) is 4.92. The van der Waals surface area contributed by atoms with Crippen molar-refractivity contribution in [3.63, 3.8) is 0 Å². The molecule has 0 atom stereocenters. The Hall–Kier alpha value is -2.03. The van der Waals surface area contributed by atoms with Crippen molar-refractivity contribution in [1.82, 2.24) is 14.9 Å². The molecule has 3 N–H and O–H groups in total. The Labute approximate surface area is 171 Å². The second kappa shape index (κ2) is 9.25. The SMILES string of the molecule is CCN(CC)C(=O)c1ccc(Nc2nc(SC)nc(Cl)c2C(N)=O)cc1Cl. The molecule has 0 radical (unpaired) electrons. The predicted octanol–water partition coefficient (Wildman–Crippen LogP) is 3.83. The number of hydrogen-bond acceptors (Lipinski definition) is 6. The third kappa shape index (κ3) is 4.82. The smallest absolute Gasteiger partial charge is 0.255 e. The van der Waals surface area contributed by atoms with E-state index >= 15 is 0 Å². The molecule has 7 nitrogen and oxygen atoms in total. The van der Waals surface area contributed by atoms with Crippen LogP contribution in [-0.4, -0.2) is 46.0 Å². The van der Waals surface area contributed by atoms with E-state index in [4.69, 9.17) is 28.9 Å². The number of amides is 2. The van der Waals surface area contributed by atoms with Gasteiger partial charge in [-0.3, -0.25) is 9.59 Å². The number of carbonyl (C=O) groups excluding carboxylic acids is 2. The first-order valence-corrected chi connectivity index (χ1v) is 10.1. The predicted molar refractivity (Wildman–Crippen MR) is 109 cm³/mol. The van der Waals surface area contributed by atoms with E-state index in [-0.39, 0.29) is 27.5 Å². The van der Waals surface area contributed by atoms with Crippen LogP contribution in [0.3, 0.4) is 0 Å². The molecule has 1 aromatic carbocycles. The molecule has 27 heavy (non-hydrogen) atoms. The molecule has 0 aliphatic heterocycles. The molecule has 2 amide bonds. The molecule has 2 aromatic rings. The van der Waals surface area contributed by atoms with Gasteiger partial charge in [-0.15, -0.1) is 0 Å². The van der Waals surface area contributed by atoms with E-state index in [1.165, 1.54) is 11.8 Å². The van der Waals surface area contributed by atoms with Gasteiger partial charge in [-0.1, -0.05) is 35.0 Å². The number of rotatable bonds is 7. The van der Waals surface area contributed by atoms with Gasteiger partial charge in [0.1, 0.15) is 16.5 Å². The van der Waals surface area contributed by atoms with E-state index in [0.29, 0.717) is 29.5 Å². The first-order valence-electron chi connectivity index (χ1n) is 8.09. The van der Waals surface area contributed by atoms with Gasteiger partial charge in [0.05, 0.1) is 10.6 Å². The number of nitrogens with zero attached hydrogens (tertiary/aromatic N) is 3. The number of primary amides is 1. The average Bonchev–Trinajstić information content (AvgIpc) is 2.61. The Bertz CT molecular complexity index is 875. The second-order valence-electron chi connectivity index (χ2n) is 5.39. The zero-order valence-corrected chi connectivity index (χ0v) is 17.4. The Morgan fingerprint density at radius 2 is 1.89 bits per heavy atom. The Balaban J connectivity index is 2.39. The maximum atomic E-state index is 12.5. The van der Waals surface area contributed by atoms with E-state index in [9.17, 15) is 9.59 Å². The van der Waals surface area contributed by atoms with Crippen LogP contribution in [0.4, 0.5) is 11.5 Å². The highest BCUT2D eigenvalue weighted by Gasteiger charge is 2.20. The average molecular weight is 428 g/mol.